The maximum absolute atomic E-state index is 5.97. The molecule has 0 aromatic carbocycles. The molecule has 2 aromatic heterocycles. The number of nitrogens with zero attached hydrogens (tertiary/aromatic N) is 3. The van der Waals surface area contributed by atoms with Gasteiger partial charge in [-0.25, -0.2) is 0 Å². The summed E-state index contributed by atoms with van der Waals surface area (Å²) in [4.78, 5) is 7.16. The van der Waals surface area contributed by atoms with Gasteiger partial charge in [-0.05, 0) is 14.1 Å². The van der Waals surface area contributed by atoms with Gasteiger partial charge in [-0.1, -0.05) is 5.16 Å². The topological polar surface area (TPSA) is 77.4 Å². The van der Waals surface area contributed by atoms with E-state index < -0.39 is 0 Å². The van der Waals surface area contributed by atoms with Crippen LogP contribution in [0.4, 0.5) is 0 Å². The van der Waals surface area contributed by atoms with Crippen molar-refractivity contribution in [2.45, 2.75) is 6.04 Å². The van der Waals surface area contributed by atoms with Crippen molar-refractivity contribution in [1.82, 2.24) is 15.0 Å². The predicted octanol–water partition coefficient (Wildman–Crippen LogP) is 1.37. The molecule has 0 bridgehead atoms. The van der Waals surface area contributed by atoms with Gasteiger partial charge >= 0.3 is 0 Å². The molecule has 0 radical (unpaired) electrons. The fourth-order valence-corrected chi connectivity index (χ4v) is 2.27. The molecule has 18 heavy (non-hydrogen) atoms. The second kappa shape index (κ2) is 5.47. The van der Waals surface area contributed by atoms with Crippen molar-refractivity contribution in [3.8, 4) is 16.5 Å². The first-order valence-electron chi connectivity index (χ1n) is 5.47. The van der Waals surface area contributed by atoms with Gasteiger partial charge in [-0.15, -0.1) is 11.3 Å². The molecule has 0 saturated carbocycles. The van der Waals surface area contributed by atoms with E-state index in [1.54, 1.807) is 7.11 Å². The predicted molar refractivity (Wildman–Crippen MR) is 69.6 cm³/mol. The molecule has 6 nitrogen and oxygen atoms in total. The fraction of sp³-hybridized carbons (Fsp3) is 0.455. The molecule has 7 heteroatoms. The van der Waals surface area contributed by atoms with Crippen molar-refractivity contribution in [3.05, 3.63) is 17.3 Å². The number of hydrogen-bond acceptors (Lipinski definition) is 7. The lowest BCUT2D eigenvalue weighted by Crippen LogP contribution is -2.26. The molecule has 1 atom stereocenters. The van der Waals surface area contributed by atoms with Gasteiger partial charge in [-0.3, -0.25) is 0 Å². The number of ether oxygens (including phenoxy) is 1. The number of rotatable bonds is 5. The van der Waals surface area contributed by atoms with Gasteiger partial charge in [0.25, 0.3) is 5.89 Å². The van der Waals surface area contributed by atoms with Crippen LogP contribution in [0.5, 0.6) is 5.75 Å². The van der Waals surface area contributed by atoms with Crippen molar-refractivity contribution in [3.63, 3.8) is 0 Å². The highest BCUT2D eigenvalue weighted by molar-refractivity contribution is 7.13. The molecule has 0 aliphatic heterocycles. The number of aromatic nitrogens is 2. The third-order valence-corrected chi connectivity index (χ3v) is 3.25. The summed E-state index contributed by atoms with van der Waals surface area (Å²) in [5.74, 6) is 1.78. The quantitative estimate of drug-likeness (QED) is 0.882. The summed E-state index contributed by atoms with van der Waals surface area (Å²) >= 11 is 1.49. The molecule has 2 heterocycles. The van der Waals surface area contributed by atoms with Crippen molar-refractivity contribution >= 4 is 11.3 Å². The zero-order chi connectivity index (χ0) is 13.1. The van der Waals surface area contributed by atoms with E-state index in [1.807, 2.05) is 30.4 Å². The summed E-state index contributed by atoms with van der Waals surface area (Å²) in [7, 11) is 5.52. The Morgan fingerprint density at radius 3 is 2.94 bits per heavy atom. The van der Waals surface area contributed by atoms with Crippen LogP contribution in [-0.4, -0.2) is 42.8 Å². The molecular formula is C11H16N4O2S. The number of methoxy groups -OCH3 is 1. The second-order valence-electron chi connectivity index (χ2n) is 4.18. The number of likely N-dealkylation sites (N-methyl/N-ethyl adjacent to an activating group) is 1. The van der Waals surface area contributed by atoms with Crippen LogP contribution in [-0.2, 0) is 0 Å². The van der Waals surface area contributed by atoms with Gasteiger partial charge in [0.05, 0.1) is 18.0 Å². The SMILES string of the molecule is COc1csc(-c2nc(C(N)CN(C)C)no2)c1. The Balaban J connectivity index is 2.14. The molecule has 0 fully saturated rings. The van der Waals surface area contributed by atoms with E-state index in [0.717, 1.165) is 10.6 Å². The maximum Gasteiger partial charge on any atom is 0.268 e. The molecule has 0 aliphatic rings. The third-order valence-electron chi connectivity index (χ3n) is 2.36. The first-order valence-corrected chi connectivity index (χ1v) is 6.35. The molecule has 2 aromatic rings. The first-order chi connectivity index (χ1) is 8.60. The molecule has 2 rings (SSSR count). The summed E-state index contributed by atoms with van der Waals surface area (Å²) < 4.78 is 10.3. The lowest BCUT2D eigenvalue weighted by atomic mass is 10.3. The van der Waals surface area contributed by atoms with Gasteiger partial charge in [0.15, 0.2) is 5.82 Å². The number of nitrogens with two attached hydrogens (primary N) is 1. The van der Waals surface area contributed by atoms with Crippen molar-refractivity contribution in [2.75, 3.05) is 27.7 Å². The average Bonchev–Trinajstić information content (AvgIpc) is 2.96. The largest absolute Gasteiger partial charge is 0.496 e. The van der Waals surface area contributed by atoms with E-state index in [4.69, 9.17) is 15.0 Å². The van der Waals surface area contributed by atoms with Crippen LogP contribution in [0.25, 0.3) is 10.8 Å². The molecular weight excluding hydrogens is 252 g/mol. The third kappa shape index (κ3) is 2.87. The van der Waals surface area contributed by atoms with Gasteiger partial charge in [-0.2, -0.15) is 4.98 Å². The smallest absolute Gasteiger partial charge is 0.268 e. The van der Waals surface area contributed by atoms with Crippen LogP contribution < -0.4 is 10.5 Å². The zero-order valence-electron chi connectivity index (χ0n) is 10.6. The zero-order valence-corrected chi connectivity index (χ0v) is 11.4. The van der Waals surface area contributed by atoms with E-state index in [-0.39, 0.29) is 6.04 Å². The van der Waals surface area contributed by atoms with Crippen LogP contribution in [0.3, 0.4) is 0 Å². The Hall–Kier alpha value is -1.44. The van der Waals surface area contributed by atoms with Crippen molar-refractivity contribution in [2.24, 2.45) is 5.73 Å². The Morgan fingerprint density at radius 2 is 2.33 bits per heavy atom. The standard InChI is InChI=1S/C11H16N4O2S/c1-15(2)5-8(12)10-13-11(17-14-10)9-4-7(16-3)6-18-9/h4,6,8H,5,12H2,1-3H3. The van der Waals surface area contributed by atoms with Gasteiger partial charge < -0.3 is 19.9 Å². The Kier molecular flexibility index (Phi) is 3.95. The lowest BCUT2D eigenvalue weighted by molar-refractivity contribution is 0.357. The highest BCUT2D eigenvalue weighted by Crippen LogP contribution is 2.30. The molecule has 0 spiro atoms. The summed E-state index contributed by atoms with van der Waals surface area (Å²) in [5.41, 5.74) is 5.97. The highest BCUT2D eigenvalue weighted by atomic mass is 32.1. The van der Waals surface area contributed by atoms with Crippen molar-refractivity contribution in [1.29, 1.82) is 0 Å². The van der Waals surface area contributed by atoms with Gasteiger partial charge in [0, 0.05) is 18.0 Å². The van der Waals surface area contributed by atoms with Gasteiger partial charge in [0.2, 0.25) is 0 Å². The van der Waals surface area contributed by atoms with E-state index >= 15 is 0 Å². The second-order valence-corrected chi connectivity index (χ2v) is 5.09. The molecule has 0 saturated heterocycles. The van der Waals surface area contributed by atoms with E-state index in [9.17, 15) is 0 Å². The number of hydrogen-bond donors (Lipinski definition) is 1. The van der Waals surface area contributed by atoms with Crippen LogP contribution in [0.15, 0.2) is 16.0 Å². The summed E-state index contributed by atoms with van der Waals surface area (Å²) in [6, 6.07) is 1.61. The summed E-state index contributed by atoms with van der Waals surface area (Å²) in [6.45, 7) is 0.673. The molecule has 0 aliphatic carbocycles. The van der Waals surface area contributed by atoms with Gasteiger partial charge in [0.1, 0.15) is 5.75 Å². The lowest BCUT2D eigenvalue weighted by Gasteiger charge is -2.12. The maximum atomic E-state index is 5.97. The Labute approximate surface area is 109 Å². The minimum absolute atomic E-state index is 0.251. The molecule has 0 amide bonds. The average molecular weight is 268 g/mol. The Morgan fingerprint density at radius 1 is 1.56 bits per heavy atom. The molecule has 98 valence electrons. The van der Waals surface area contributed by atoms with Crippen LogP contribution in [0.1, 0.15) is 11.9 Å². The summed E-state index contributed by atoms with van der Waals surface area (Å²) in [5, 5.41) is 5.80. The first kappa shape index (κ1) is 13.0. The molecule has 2 N–H and O–H groups in total. The monoisotopic (exact) mass is 268 g/mol. The van der Waals surface area contributed by atoms with Crippen LogP contribution in [0, 0.1) is 0 Å². The van der Waals surface area contributed by atoms with Crippen LogP contribution in [0.2, 0.25) is 0 Å². The van der Waals surface area contributed by atoms with Crippen molar-refractivity contribution < 1.29 is 9.26 Å². The summed E-state index contributed by atoms with van der Waals surface area (Å²) in [6.07, 6.45) is 0. The number of thiophene rings is 1. The Bertz CT molecular complexity index is 509. The fourth-order valence-electron chi connectivity index (χ4n) is 1.50. The highest BCUT2D eigenvalue weighted by Gasteiger charge is 2.17. The van der Waals surface area contributed by atoms with E-state index in [0.29, 0.717) is 18.3 Å². The normalized spacial score (nSPS) is 12.9. The molecule has 1 unspecified atom stereocenters. The minimum Gasteiger partial charge on any atom is -0.496 e. The minimum atomic E-state index is -0.251. The van der Waals surface area contributed by atoms with E-state index in [1.165, 1.54) is 11.3 Å². The van der Waals surface area contributed by atoms with Crippen LogP contribution >= 0.6 is 11.3 Å². The van der Waals surface area contributed by atoms with E-state index in [2.05, 4.69) is 10.1 Å².